The SMILES string of the molecule is COC1CCN(Cc2ccc(N)nc2)CC1. The van der Waals surface area contributed by atoms with Crippen LogP contribution in [0.4, 0.5) is 5.82 Å². The molecule has 0 aromatic carbocycles. The van der Waals surface area contributed by atoms with E-state index in [1.54, 1.807) is 7.11 Å². The first kappa shape index (κ1) is 11.4. The number of anilines is 1. The van der Waals surface area contributed by atoms with Crippen LogP contribution < -0.4 is 5.73 Å². The number of piperidine rings is 1. The van der Waals surface area contributed by atoms with Gasteiger partial charge in [-0.25, -0.2) is 4.98 Å². The van der Waals surface area contributed by atoms with Gasteiger partial charge in [-0.2, -0.15) is 0 Å². The van der Waals surface area contributed by atoms with Crippen LogP contribution in [0, 0.1) is 0 Å². The van der Waals surface area contributed by atoms with Gasteiger partial charge in [0, 0.05) is 32.9 Å². The summed E-state index contributed by atoms with van der Waals surface area (Å²) in [5.41, 5.74) is 6.78. The van der Waals surface area contributed by atoms with Gasteiger partial charge < -0.3 is 10.5 Å². The first-order chi connectivity index (χ1) is 7.78. The van der Waals surface area contributed by atoms with Gasteiger partial charge in [0.05, 0.1) is 6.10 Å². The lowest BCUT2D eigenvalue weighted by Gasteiger charge is -2.31. The Balaban J connectivity index is 1.84. The standard InChI is InChI=1S/C12H19N3O/c1-16-11-4-6-15(7-5-11)9-10-2-3-12(13)14-8-10/h2-3,8,11H,4-7,9H2,1H3,(H2,13,14). The van der Waals surface area contributed by atoms with E-state index in [9.17, 15) is 0 Å². The monoisotopic (exact) mass is 221 g/mol. The summed E-state index contributed by atoms with van der Waals surface area (Å²) in [4.78, 5) is 6.54. The summed E-state index contributed by atoms with van der Waals surface area (Å²) in [6.45, 7) is 3.16. The molecule has 4 heteroatoms. The molecule has 0 saturated carbocycles. The van der Waals surface area contributed by atoms with Gasteiger partial charge in [-0.1, -0.05) is 6.07 Å². The molecule has 0 radical (unpaired) electrons. The van der Waals surface area contributed by atoms with Crippen molar-refractivity contribution in [2.24, 2.45) is 0 Å². The Morgan fingerprint density at radius 2 is 2.19 bits per heavy atom. The summed E-state index contributed by atoms with van der Waals surface area (Å²) in [6, 6.07) is 3.90. The van der Waals surface area contributed by atoms with Crippen LogP contribution in [0.15, 0.2) is 18.3 Å². The van der Waals surface area contributed by atoms with Crippen LogP contribution in [0.3, 0.4) is 0 Å². The molecule has 1 aromatic heterocycles. The van der Waals surface area contributed by atoms with Crippen LogP contribution in [0.5, 0.6) is 0 Å². The summed E-state index contributed by atoms with van der Waals surface area (Å²) in [7, 11) is 1.80. The average molecular weight is 221 g/mol. The topological polar surface area (TPSA) is 51.4 Å². The Kier molecular flexibility index (Phi) is 3.74. The van der Waals surface area contributed by atoms with Crippen molar-refractivity contribution < 1.29 is 4.74 Å². The molecule has 16 heavy (non-hydrogen) atoms. The van der Waals surface area contributed by atoms with E-state index < -0.39 is 0 Å². The second-order valence-corrected chi connectivity index (χ2v) is 4.30. The number of rotatable bonds is 3. The molecular weight excluding hydrogens is 202 g/mol. The number of aromatic nitrogens is 1. The lowest BCUT2D eigenvalue weighted by molar-refractivity contribution is 0.0388. The highest BCUT2D eigenvalue weighted by atomic mass is 16.5. The third-order valence-electron chi connectivity index (χ3n) is 3.12. The molecule has 2 rings (SSSR count). The maximum atomic E-state index is 5.55. The van der Waals surface area contributed by atoms with Crippen LogP contribution in [0.25, 0.3) is 0 Å². The molecule has 0 atom stereocenters. The average Bonchev–Trinajstić information content (AvgIpc) is 2.33. The van der Waals surface area contributed by atoms with E-state index in [1.165, 1.54) is 5.56 Å². The minimum absolute atomic E-state index is 0.445. The highest BCUT2D eigenvalue weighted by Crippen LogP contribution is 2.15. The normalized spacial score (nSPS) is 18.8. The minimum atomic E-state index is 0.445. The fourth-order valence-corrected chi connectivity index (χ4v) is 2.09. The zero-order chi connectivity index (χ0) is 11.4. The van der Waals surface area contributed by atoms with Gasteiger partial charge in [0.15, 0.2) is 0 Å². The van der Waals surface area contributed by atoms with Crippen LogP contribution in [-0.2, 0) is 11.3 Å². The highest BCUT2D eigenvalue weighted by Gasteiger charge is 2.18. The Hall–Kier alpha value is -1.13. The maximum absolute atomic E-state index is 5.55. The zero-order valence-corrected chi connectivity index (χ0v) is 9.72. The molecular formula is C12H19N3O. The molecule has 1 aromatic rings. The number of ether oxygens (including phenoxy) is 1. The molecule has 4 nitrogen and oxygen atoms in total. The van der Waals surface area contributed by atoms with E-state index in [-0.39, 0.29) is 0 Å². The minimum Gasteiger partial charge on any atom is -0.384 e. The number of pyridine rings is 1. The van der Waals surface area contributed by atoms with Gasteiger partial charge in [0.25, 0.3) is 0 Å². The third kappa shape index (κ3) is 2.93. The molecule has 2 N–H and O–H groups in total. The smallest absolute Gasteiger partial charge is 0.123 e. The van der Waals surface area contributed by atoms with Crippen LogP contribution in [0.1, 0.15) is 18.4 Å². The van der Waals surface area contributed by atoms with Gasteiger partial charge >= 0.3 is 0 Å². The molecule has 88 valence electrons. The fourth-order valence-electron chi connectivity index (χ4n) is 2.09. The van der Waals surface area contributed by atoms with E-state index in [4.69, 9.17) is 10.5 Å². The lowest BCUT2D eigenvalue weighted by Crippen LogP contribution is -2.36. The van der Waals surface area contributed by atoms with Crippen LogP contribution in [-0.4, -0.2) is 36.2 Å². The molecule has 2 heterocycles. The van der Waals surface area contributed by atoms with E-state index in [1.807, 2.05) is 18.3 Å². The molecule has 1 fully saturated rings. The van der Waals surface area contributed by atoms with Gasteiger partial charge in [0.2, 0.25) is 0 Å². The molecule has 1 saturated heterocycles. The largest absolute Gasteiger partial charge is 0.384 e. The summed E-state index contributed by atoms with van der Waals surface area (Å²) in [5, 5.41) is 0. The molecule has 0 bridgehead atoms. The Labute approximate surface area is 96.4 Å². The number of hydrogen-bond acceptors (Lipinski definition) is 4. The Morgan fingerprint density at radius 3 is 2.75 bits per heavy atom. The van der Waals surface area contributed by atoms with Crippen LogP contribution in [0.2, 0.25) is 0 Å². The van der Waals surface area contributed by atoms with Crippen LogP contribution >= 0.6 is 0 Å². The predicted molar refractivity (Wildman–Crippen MR) is 64.0 cm³/mol. The van der Waals surface area contributed by atoms with Crippen molar-refractivity contribution >= 4 is 5.82 Å². The second-order valence-electron chi connectivity index (χ2n) is 4.30. The number of hydrogen-bond donors (Lipinski definition) is 1. The van der Waals surface area contributed by atoms with Crippen molar-refractivity contribution in [3.63, 3.8) is 0 Å². The predicted octanol–water partition coefficient (Wildman–Crippen LogP) is 1.27. The Morgan fingerprint density at radius 1 is 1.44 bits per heavy atom. The van der Waals surface area contributed by atoms with Crippen molar-refractivity contribution in [2.75, 3.05) is 25.9 Å². The van der Waals surface area contributed by atoms with Crippen molar-refractivity contribution in [2.45, 2.75) is 25.5 Å². The summed E-state index contributed by atoms with van der Waals surface area (Å²) < 4.78 is 5.35. The second kappa shape index (κ2) is 5.27. The number of methoxy groups -OCH3 is 1. The zero-order valence-electron chi connectivity index (χ0n) is 9.72. The molecule has 0 amide bonds. The van der Waals surface area contributed by atoms with Crippen molar-refractivity contribution in [3.8, 4) is 0 Å². The van der Waals surface area contributed by atoms with E-state index in [0.717, 1.165) is 32.5 Å². The molecule has 0 spiro atoms. The molecule has 1 aliphatic heterocycles. The van der Waals surface area contributed by atoms with Gasteiger partial charge in [-0.3, -0.25) is 4.90 Å². The number of nitrogens with zero attached hydrogens (tertiary/aromatic N) is 2. The van der Waals surface area contributed by atoms with E-state index in [0.29, 0.717) is 11.9 Å². The maximum Gasteiger partial charge on any atom is 0.123 e. The number of likely N-dealkylation sites (tertiary alicyclic amines) is 1. The highest BCUT2D eigenvalue weighted by molar-refractivity contribution is 5.29. The van der Waals surface area contributed by atoms with Gasteiger partial charge in [-0.05, 0) is 24.5 Å². The van der Waals surface area contributed by atoms with E-state index >= 15 is 0 Å². The summed E-state index contributed by atoms with van der Waals surface area (Å²) in [6.07, 6.45) is 4.55. The van der Waals surface area contributed by atoms with Crippen molar-refractivity contribution in [1.82, 2.24) is 9.88 Å². The van der Waals surface area contributed by atoms with Crippen molar-refractivity contribution in [1.29, 1.82) is 0 Å². The number of nitrogens with two attached hydrogens (primary N) is 1. The molecule has 0 unspecified atom stereocenters. The van der Waals surface area contributed by atoms with Crippen molar-refractivity contribution in [3.05, 3.63) is 23.9 Å². The summed E-state index contributed by atoms with van der Waals surface area (Å²) >= 11 is 0. The molecule has 0 aliphatic carbocycles. The van der Waals surface area contributed by atoms with E-state index in [2.05, 4.69) is 9.88 Å². The van der Waals surface area contributed by atoms with Gasteiger partial charge in [-0.15, -0.1) is 0 Å². The third-order valence-corrected chi connectivity index (χ3v) is 3.12. The Bertz CT molecular complexity index is 318. The first-order valence-electron chi connectivity index (χ1n) is 5.73. The van der Waals surface area contributed by atoms with Gasteiger partial charge in [0.1, 0.15) is 5.82 Å². The fraction of sp³-hybridized carbons (Fsp3) is 0.583. The first-order valence-corrected chi connectivity index (χ1v) is 5.73. The number of nitrogen functional groups attached to an aromatic ring is 1. The molecule has 1 aliphatic rings. The quantitative estimate of drug-likeness (QED) is 0.835. The summed E-state index contributed by atoms with van der Waals surface area (Å²) in [5.74, 6) is 0.585. The lowest BCUT2D eigenvalue weighted by atomic mass is 10.1.